The van der Waals surface area contributed by atoms with E-state index < -0.39 is 39.2 Å². The number of fused-ring (bicyclic) bond motifs is 1. The van der Waals surface area contributed by atoms with Crippen LogP contribution in [0.1, 0.15) is 87.8 Å². The summed E-state index contributed by atoms with van der Waals surface area (Å²) in [6, 6.07) is 8.23. The fourth-order valence-electron chi connectivity index (χ4n) is 8.41. The van der Waals surface area contributed by atoms with E-state index in [9.17, 15) is 36.7 Å². The molecule has 1 saturated carbocycles. The molecule has 14 nitrogen and oxygen atoms in total. The Morgan fingerprint density at radius 2 is 1.74 bits per heavy atom. The van der Waals surface area contributed by atoms with Gasteiger partial charge < -0.3 is 15.3 Å². The molecule has 3 aromatic rings. The number of aliphatic hydroxyl groups is 1. The molecule has 4 aliphatic rings. The van der Waals surface area contributed by atoms with Crippen molar-refractivity contribution in [2.45, 2.75) is 88.3 Å². The third-order valence-electron chi connectivity index (χ3n) is 11.6. The lowest BCUT2D eigenvalue weighted by molar-refractivity contribution is -0.134. The predicted molar refractivity (Wildman–Crippen MR) is 199 cm³/mol. The standard InChI is InChI=1S/C37H48F2N8O6S/c1-37(51)13-2-4-30(37)47-33-25(22-29(32(38)39)35(47)50)23-40-36(43-33)41-26-11-15-46(16-12-26)54(52,53)21-3-14-44-17-19-45(20-18-44)27-7-5-24(6-8-27)28-9-10-31(48)42-34(28)49/h5-8,22-23,26,28,30,32,51H,2-4,9-21H2,1H3,(H,40,41,43)(H,42,48,49)/t28?,30-,37-/m1/s1. The van der Waals surface area contributed by atoms with Crippen LogP contribution in [-0.4, -0.2) is 112 Å². The first-order valence-electron chi connectivity index (χ1n) is 18.9. The molecule has 7 rings (SSSR count). The number of halogens is 2. The van der Waals surface area contributed by atoms with Crippen LogP contribution in [0.4, 0.5) is 20.4 Å². The van der Waals surface area contributed by atoms with E-state index >= 15 is 0 Å². The summed E-state index contributed by atoms with van der Waals surface area (Å²) in [6.07, 6.45) is 2.38. The molecular weight excluding hydrogens is 723 g/mol. The van der Waals surface area contributed by atoms with Gasteiger partial charge in [-0.3, -0.25) is 29.2 Å². The molecule has 1 unspecified atom stereocenters. The van der Waals surface area contributed by atoms with Gasteiger partial charge in [-0.05, 0) is 82.2 Å². The number of benzene rings is 1. The number of piperazine rings is 1. The number of sulfonamides is 1. The first-order valence-corrected chi connectivity index (χ1v) is 20.5. The first kappa shape index (κ1) is 38.2. The van der Waals surface area contributed by atoms with Crippen molar-refractivity contribution in [3.05, 3.63) is 58.0 Å². The first-order chi connectivity index (χ1) is 25.8. The van der Waals surface area contributed by atoms with E-state index in [1.54, 1.807) is 6.92 Å². The van der Waals surface area contributed by atoms with Crippen molar-refractivity contribution in [2.75, 3.05) is 61.8 Å². The van der Waals surface area contributed by atoms with Gasteiger partial charge >= 0.3 is 0 Å². The Labute approximate surface area is 313 Å². The van der Waals surface area contributed by atoms with E-state index in [4.69, 9.17) is 0 Å². The van der Waals surface area contributed by atoms with Gasteiger partial charge in [0.2, 0.25) is 27.8 Å². The number of carbonyl (C=O) groups is 2. The van der Waals surface area contributed by atoms with Crippen LogP contribution >= 0.6 is 0 Å². The fraction of sp³-hybridized carbons (Fsp3) is 0.595. The Morgan fingerprint density at radius 1 is 1.02 bits per heavy atom. The number of amides is 2. The van der Waals surface area contributed by atoms with Gasteiger partial charge in [0.05, 0.1) is 28.9 Å². The zero-order valence-electron chi connectivity index (χ0n) is 30.4. The SMILES string of the molecule is C[C@@]1(O)CCC[C@H]1n1c(=O)c(C(F)F)cc2cnc(NC3CCN(S(=O)(=O)CCCN4CCN(c5ccc(C6CCC(=O)NC6=O)cc5)CC4)CC3)nc21. The van der Waals surface area contributed by atoms with Gasteiger partial charge in [0.25, 0.3) is 12.0 Å². The van der Waals surface area contributed by atoms with Gasteiger partial charge in [0.1, 0.15) is 5.65 Å². The van der Waals surface area contributed by atoms with Crippen molar-refractivity contribution in [3.8, 4) is 0 Å². The second-order valence-corrected chi connectivity index (χ2v) is 17.3. The summed E-state index contributed by atoms with van der Waals surface area (Å²) in [7, 11) is -3.46. The minimum atomic E-state index is -3.46. The maximum absolute atomic E-state index is 13.8. The minimum absolute atomic E-state index is 0.0595. The topological polar surface area (TPSA) is 170 Å². The van der Waals surface area contributed by atoms with Gasteiger partial charge in [-0.25, -0.2) is 26.5 Å². The smallest absolute Gasteiger partial charge is 0.269 e. The quantitative estimate of drug-likeness (QED) is 0.245. The molecule has 0 bridgehead atoms. The Kier molecular flexibility index (Phi) is 11.0. The molecule has 0 radical (unpaired) electrons. The second kappa shape index (κ2) is 15.6. The minimum Gasteiger partial charge on any atom is -0.388 e. The second-order valence-electron chi connectivity index (χ2n) is 15.2. The van der Waals surface area contributed by atoms with Gasteiger partial charge in [-0.1, -0.05) is 12.1 Å². The van der Waals surface area contributed by atoms with Gasteiger partial charge in [-0.2, -0.15) is 4.98 Å². The van der Waals surface area contributed by atoms with E-state index in [2.05, 4.69) is 30.4 Å². The molecule has 3 N–H and O–H groups in total. The summed E-state index contributed by atoms with van der Waals surface area (Å²) in [5, 5.41) is 16.9. The Bertz CT molecular complexity index is 2030. The van der Waals surface area contributed by atoms with Crippen molar-refractivity contribution >= 4 is 44.5 Å². The molecule has 1 aromatic carbocycles. The molecule has 2 aromatic heterocycles. The zero-order chi connectivity index (χ0) is 38.2. The van der Waals surface area contributed by atoms with Crippen LogP contribution in [0, 0.1) is 0 Å². The number of alkyl halides is 2. The van der Waals surface area contributed by atoms with Crippen molar-refractivity contribution in [2.24, 2.45) is 0 Å². The van der Waals surface area contributed by atoms with Crippen LogP contribution in [0.5, 0.6) is 0 Å². The third kappa shape index (κ3) is 8.14. The molecule has 4 fully saturated rings. The van der Waals surface area contributed by atoms with E-state index in [0.29, 0.717) is 71.0 Å². The molecule has 17 heteroatoms. The van der Waals surface area contributed by atoms with Crippen molar-refractivity contribution in [1.29, 1.82) is 0 Å². The van der Waals surface area contributed by atoms with Crippen molar-refractivity contribution in [1.82, 2.24) is 29.1 Å². The molecule has 292 valence electrons. The lowest BCUT2D eigenvalue weighted by Gasteiger charge is -2.36. The van der Waals surface area contributed by atoms with E-state index in [0.717, 1.165) is 43.5 Å². The Balaban J connectivity index is 0.881. The predicted octanol–water partition coefficient (Wildman–Crippen LogP) is 3.14. The number of nitrogens with one attached hydrogen (secondary N) is 2. The molecule has 3 saturated heterocycles. The summed E-state index contributed by atoms with van der Waals surface area (Å²) >= 11 is 0. The lowest BCUT2D eigenvalue weighted by Crippen LogP contribution is -2.47. The van der Waals surface area contributed by atoms with Gasteiger partial charge in [0, 0.05) is 69.0 Å². The molecule has 54 heavy (non-hydrogen) atoms. The molecule has 2 amide bonds. The van der Waals surface area contributed by atoms with Crippen LogP contribution in [-0.2, 0) is 19.6 Å². The summed E-state index contributed by atoms with van der Waals surface area (Å²) < 4.78 is 56.9. The number of hydrogen-bond donors (Lipinski definition) is 3. The molecule has 1 aliphatic carbocycles. The zero-order valence-corrected chi connectivity index (χ0v) is 31.2. The lowest BCUT2D eigenvalue weighted by atomic mass is 9.90. The van der Waals surface area contributed by atoms with Gasteiger partial charge in [0.15, 0.2) is 0 Å². The number of carbonyl (C=O) groups excluding carboxylic acids is 2. The molecule has 0 spiro atoms. The third-order valence-corrected chi connectivity index (χ3v) is 13.5. The highest BCUT2D eigenvalue weighted by Crippen LogP contribution is 2.40. The molecular formula is C37H48F2N8O6S. The number of anilines is 2. The number of pyridine rings is 1. The maximum atomic E-state index is 13.8. The summed E-state index contributed by atoms with van der Waals surface area (Å²) in [5.41, 5.74) is -0.623. The summed E-state index contributed by atoms with van der Waals surface area (Å²) in [4.78, 5) is 50.4. The number of nitrogens with zero attached hydrogens (tertiary/aromatic N) is 6. The number of piperidine rings is 2. The normalized spacial score (nSPS) is 25.1. The van der Waals surface area contributed by atoms with Crippen molar-refractivity contribution < 1.29 is 31.9 Å². The number of imide groups is 1. The van der Waals surface area contributed by atoms with Crippen LogP contribution in [0.2, 0.25) is 0 Å². The molecule has 3 atom stereocenters. The number of rotatable bonds is 11. The van der Waals surface area contributed by atoms with E-state index in [1.165, 1.54) is 15.1 Å². The van der Waals surface area contributed by atoms with Crippen LogP contribution in [0.25, 0.3) is 11.0 Å². The van der Waals surface area contributed by atoms with Crippen LogP contribution < -0.4 is 21.1 Å². The fourth-order valence-corrected chi connectivity index (χ4v) is 9.93. The highest BCUT2D eigenvalue weighted by atomic mass is 32.2. The Hall–Kier alpha value is -4.06. The summed E-state index contributed by atoms with van der Waals surface area (Å²) in [6.45, 7) is 6.20. The largest absolute Gasteiger partial charge is 0.388 e. The van der Waals surface area contributed by atoms with E-state index in [-0.39, 0.29) is 46.5 Å². The summed E-state index contributed by atoms with van der Waals surface area (Å²) in [5.74, 6) is -0.505. The monoisotopic (exact) mass is 770 g/mol. The average Bonchev–Trinajstić information content (AvgIpc) is 3.49. The number of hydrogen-bond acceptors (Lipinski definition) is 11. The maximum Gasteiger partial charge on any atom is 0.269 e. The highest BCUT2D eigenvalue weighted by molar-refractivity contribution is 7.89. The number of aromatic nitrogens is 3. The molecule has 5 heterocycles. The molecule has 3 aliphatic heterocycles. The van der Waals surface area contributed by atoms with Crippen LogP contribution in [0.15, 0.2) is 41.3 Å². The Morgan fingerprint density at radius 3 is 2.39 bits per heavy atom. The van der Waals surface area contributed by atoms with E-state index in [1.807, 2.05) is 24.3 Å². The average molecular weight is 771 g/mol. The van der Waals surface area contributed by atoms with Gasteiger partial charge in [-0.15, -0.1) is 0 Å². The van der Waals surface area contributed by atoms with Crippen LogP contribution in [0.3, 0.4) is 0 Å². The highest BCUT2D eigenvalue weighted by Gasteiger charge is 2.40. The van der Waals surface area contributed by atoms with Crippen molar-refractivity contribution in [3.63, 3.8) is 0 Å².